The first-order valence-electron chi connectivity index (χ1n) is 9.15. The normalized spacial score (nSPS) is 14.9. The predicted octanol–water partition coefficient (Wildman–Crippen LogP) is 4.91. The molecule has 0 aliphatic heterocycles. The van der Waals surface area contributed by atoms with Gasteiger partial charge in [0.25, 0.3) is 5.91 Å². The van der Waals surface area contributed by atoms with Crippen LogP contribution in [-0.2, 0) is 0 Å². The zero-order valence-corrected chi connectivity index (χ0v) is 16.9. The van der Waals surface area contributed by atoms with Crippen LogP contribution in [0.15, 0.2) is 42.2 Å². The van der Waals surface area contributed by atoms with Gasteiger partial charge in [0.1, 0.15) is 5.82 Å². The third-order valence-corrected chi connectivity index (χ3v) is 5.99. The summed E-state index contributed by atoms with van der Waals surface area (Å²) in [5, 5.41) is 9.07. The summed E-state index contributed by atoms with van der Waals surface area (Å²) in [6.45, 7) is 1.93. The molecule has 4 rings (SSSR count). The van der Waals surface area contributed by atoms with E-state index in [1.807, 2.05) is 25.1 Å². The van der Waals surface area contributed by atoms with Gasteiger partial charge in [0.15, 0.2) is 5.01 Å². The van der Waals surface area contributed by atoms with Crippen molar-refractivity contribution in [1.29, 1.82) is 0 Å². The van der Waals surface area contributed by atoms with Gasteiger partial charge in [0, 0.05) is 23.5 Å². The fourth-order valence-corrected chi connectivity index (χ4v) is 3.94. The summed E-state index contributed by atoms with van der Waals surface area (Å²) < 4.78 is 0. The highest BCUT2D eigenvalue weighted by molar-refractivity contribution is 7.11. The van der Waals surface area contributed by atoms with Gasteiger partial charge in [0.05, 0.1) is 22.9 Å². The quantitative estimate of drug-likeness (QED) is 0.600. The number of carbonyl (C=O) groups excluding carboxylic acids is 1. The molecular weight excluding hydrogens is 394 g/mol. The second-order valence-corrected chi connectivity index (χ2v) is 8.19. The minimum Gasteiger partial charge on any atom is -0.343 e. The Bertz CT molecular complexity index is 957. The highest BCUT2D eigenvalue weighted by atomic mass is 35.5. The molecule has 0 unspecified atom stereocenters. The molecular formula is C20H20ClN5OS. The van der Waals surface area contributed by atoms with Crippen molar-refractivity contribution in [1.82, 2.24) is 20.3 Å². The molecule has 6 nitrogen and oxygen atoms in total. The third kappa shape index (κ3) is 4.15. The van der Waals surface area contributed by atoms with Crippen molar-refractivity contribution in [2.75, 3.05) is 5.32 Å². The fraction of sp³-hybridized carbons (Fsp3) is 0.300. The number of nitrogens with one attached hydrogen (secondary N) is 2. The first-order chi connectivity index (χ1) is 13.6. The number of aromatic nitrogens is 3. The molecule has 28 heavy (non-hydrogen) atoms. The topological polar surface area (TPSA) is 79.8 Å². The van der Waals surface area contributed by atoms with E-state index >= 15 is 0 Å². The first kappa shape index (κ1) is 18.8. The lowest BCUT2D eigenvalue weighted by Crippen LogP contribution is -2.36. The molecule has 2 N–H and O–H groups in total. The maximum Gasteiger partial charge on any atom is 0.280 e. The summed E-state index contributed by atoms with van der Waals surface area (Å²) in [5.74, 6) is 0.799. The van der Waals surface area contributed by atoms with Crippen LogP contribution in [0, 0.1) is 12.8 Å². The average molecular weight is 414 g/mol. The Morgan fingerprint density at radius 3 is 2.71 bits per heavy atom. The van der Waals surface area contributed by atoms with Crippen molar-refractivity contribution in [3.8, 4) is 0 Å². The van der Waals surface area contributed by atoms with Crippen molar-refractivity contribution in [2.24, 2.45) is 5.92 Å². The number of anilines is 2. The van der Waals surface area contributed by atoms with Crippen LogP contribution < -0.4 is 10.6 Å². The number of thiazole rings is 1. The maximum absolute atomic E-state index is 12.5. The van der Waals surface area contributed by atoms with Gasteiger partial charge in [-0.25, -0.2) is 9.97 Å². The molecule has 1 aliphatic rings. The standard InChI is InChI=1S/C20H20ClN5OS/c1-12-5-6-15(11-23-12)25-18-16(21)9-14(10-24-18)17(13-3-2-4-13)26-19(27)20-22-7-8-28-20/h5-11,13,17H,2-4H2,1H3,(H,24,25)(H,26,27)/t17-/m0/s1. The van der Waals surface area contributed by atoms with Crippen LogP contribution in [0.25, 0.3) is 0 Å². The Hall–Kier alpha value is -2.51. The van der Waals surface area contributed by atoms with Crippen molar-refractivity contribution in [2.45, 2.75) is 32.2 Å². The van der Waals surface area contributed by atoms with Crippen LogP contribution in [0.3, 0.4) is 0 Å². The predicted molar refractivity (Wildman–Crippen MR) is 111 cm³/mol. The molecule has 144 valence electrons. The summed E-state index contributed by atoms with van der Waals surface area (Å²) in [5.41, 5.74) is 2.67. The largest absolute Gasteiger partial charge is 0.343 e. The van der Waals surface area contributed by atoms with Crippen LogP contribution in [-0.4, -0.2) is 20.9 Å². The van der Waals surface area contributed by atoms with Crippen LogP contribution in [0.4, 0.5) is 11.5 Å². The van der Waals surface area contributed by atoms with Crippen molar-refractivity contribution < 1.29 is 4.79 Å². The molecule has 0 saturated heterocycles. The number of aryl methyl sites for hydroxylation is 1. The van der Waals surface area contributed by atoms with E-state index in [1.54, 1.807) is 24.0 Å². The molecule has 1 saturated carbocycles. The Morgan fingerprint density at radius 2 is 2.11 bits per heavy atom. The number of hydrogen-bond donors (Lipinski definition) is 2. The second-order valence-electron chi connectivity index (χ2n) is 6.89. The van der Waals surface area contributed by atoms with Gasteiger partial charge in [-0.3, -0.25) is 9.78 Å². The second kappa shape index (κ2) is 8.24. The Labute approximate surface area is 172 Å². The molecule has 8 heteroatoms. The molecule has 3 aromatic rings. The average Bonchev–Trinajstić information content (AvgIpc) is 3.18. The Morgan fingerprint density at radius 1 is 1.25 bits per heavy atom. The first-order valence-corrected chi connectivity index (χ1v) is 10.4. The van der Waals surface area contributed by atoms with Crippen molar-refractivity contribution in [3.63, 3.8) is 0 Å². The Kier molecular flexibility index (Phi) is 5.54. The van der Waals surface area contributed by atoms with E-state index in [2.05, 4.69) is 25.6 Å². The van der Waals surface area contributed by atoms with Gasteiger partial charge in [-0.1, -0.05) is 18.0 Å². The van der Waals surface area contributed by atoms with E-state index in [-0.39, 0.29) is 11.9 Å². The van der Waals surface area contributed by atoms with E-state index < -0.39 is 0 Å². The van der Waals surface area contributed by atoms with E-state index in [0.717, 1.165) is 29.8 Å². The van der Waals surface area contributed by atoms with Crippen LogP contribution in [0.1, 0.15) is 46.4 Å². The number of amides is 1. The number of pyridine rings is 2. The molecule has 0 radical (unpaired) electrons. The van der Waals surface area contributed by atoms with Crippen LogP contribution in [0.2, 0.25) is 5.02 Å². The maximum atomic E-state index is 12.5. The highest BCUT2D eigenvalue weighted by Crippen LogP contribution is 2.39. The summed E-state index contributed by atoms with van der Waals surface area (Å²) in [7, 11) is 0. The lowest BCUT2D eigenvalue weighted by Gasteiger charge is -2.34. The van der Waals surface area contributed by atoms with Crippen LogP contribution in [0.5, 0.6) is 0 Å². The minimum absolute atomic E-state index is 0.120. The van der Waals surface area contributed by atoms with E-state index in [0.29, 0.717) is 21.8 Å². The fourth-order valence-electron chi connectivity index (χ4n) is 3.18. The summed E-state index contributed by atoms with van der Waals surface area (Å²) in [6, 6.07) is 5.61. The van der Waals surface area contributed by atoms with E-state index in [4.69, 9.17) is 11.6 Å². The molecule has 3 heterocycles. The molecule has 1 amide bonds. The lowest BCUT2D eigenvalue weighted by molar-refractivity contribution is 0.0900. The van der Waals surface area contributed by atoms with Crippen molar-refractivity contribution >= 4 is 40.4 Å². The number of halogens is 1. The number of hydrogen-bond acceptors (Lipinski definition) is 6. The number of rotatable bonds is 6. The van der Waals surface area contributed by atoms with Crippen molar-refractivity contribution in [3.05, 3.63) is 63.5 Å². The summed E-state index contributed by atoms with van der Waals surface area (Å²) in [4.78, 5) is 25.4. The summed E-state index contributed by atoms with van der Waals surface area (Å²) in [6.07, 6.45) is 8.49. The number of carbonyl (C=O) groups is 1. The minimum atomic E-state index is -0.157. The van der Waals surface area contributed by atoms with Gasteiger partial charge in [0.2, 0.25) is 0 Å². The Balaban J connectivity index is 1.54. The zero-order valence-electron chi connectivity index (χ0n) is 15.4. The molecule has 0 aromatic carbocycles. The lowest BCUT2D eigenvalue weighted by atomic mass is 9.77. The third-order valence-electron chi connectivity index (χ3n) is 4.93. The zero-order chi connectivity index (χ0) is 19.5. The molecule has 1 atom stereocenters. The molecule has 3 aromatic heterocycles. The molecule has 0 bridgehead atoms. The van der Waals surface area contributed by atoms with Gasteiger partial charge in [-0.2, -0.15) is 0 Å². The van der Waals surface area contributed by atoms with Crippen LogP contribution >= 0.6 is 22.9 Å². The smallest absolute Gasteiger partial charge is 0.280 e. The van der Waals surface area contributed by atoms with Gasteiger partial charge in [-0.15, -0.1) is 11.3 Å². The highest BCUT2D eigenvalue weighted by Gasteiger charge is 2.31. The van der Waals surface area contributed by atoms with E-state index in [9.17, 15) is 4.79 Å². The molecule has 1 fully saturated rings. The molecule has 1 aliphatic carbocycles. The number of nitrogens with zero attached hydrogens (tertiary/aromatic N) is 3. The monoisotopic (exact) mass is 413 g/mol. The summed E-state index contributed by atoms with van der Waals surface area (Å²) >= 11 is 7.82. The van der Waals surface area contributed by atoms with Gasteiger partial charge >= 0.3 is 0 Å². The van der Waals surface area contributed by atoms with Gasteiger partial charge in [-0.05, 0) is 49.4 Å². The van der Waals surface area contributed by atoms with Gasteiger partial charge < -0.3 is 10.6 Å². The molecule has 0 spiro atoms. The van der Waals surface area contributed by atoms with E-state index in [1.165, 1.54) is 17.8 Å². The SMILES string of the molecule is Cc1ccc(Nc2ncc([C@@H](NC(=O)c3nccs3)C3CCC3)cc2Cl)cn1.